The van der Waals surface area contributed by atoms with Crippen LogP contribution in [0.25, 0.3) is 90.1 Å². The molecule has 0 aliphatic rings. The second-order valence-corrected chi connectivity index (χ2v) is 17.2. The van der Waals surface area contributed by atoms with Crippen molar-refractivity contribution in [3.05, 3.63) is 278 Å². The summed E-state index contributed by atoms with van der Waals surface area (Å²) < 4.78 is 0. The maximum Gasteiger partial charge on any atom is 0.160 e. The minimum Gasteiger partial charge on any atom is -0.228 e. The molecule has 0 radical (unpaired) electrons. The van der Waals surface area contributed by atoms with E-state index in [1.165, 1.54) is 38.9 Å². The molecule has 0 saturated heterocycles. The lowest BCUT2D eigenvalue weighted by molar-refractivity contribution is 0.693. The van der Waals surface area contributed by atoms with E-state index in [9.17, 15) is 0 Å². The first-order valence-corrected chi connectivity index (χ1v) is 23.0. The number of hydrogen-bond acceptors (Lipinski definition) is 4. The van der Waals surface area contributed by atoms with Gasteiger partial charge in [-0.2, -0.15) is 0 Å². The van der Waals surface area contributed by atoms with Gasteiger partial charge in [-0.05, 0) is 58.0 Å². The Bertz CT molecular complexity index is 3220. The van der Waals surface area contributed by atoms with E-state index < -0.39 is 5.41 Å². The molecule has 0 atom stereocenters. The van der Waals surface area contributed by atoms with Gasteiger partial charge in [0.15, 0.2) is 11.6 Å². The van der Waals surface area contributed by atoms with Gasteiger partial charge in [0.25, 0.3) is 0 Å². The molecule has 2 heterocycles. The lowest BCUT2D eigenvalue weighted by Crippen LogP contribution is -2.25. The van der Waals surface area contributed by atoms with Crippen molar-refractivity contribution >= 4 is 0 Å². The van der Waals surface area contributed by atoms with Crippen molar-refractivity contribution in [2.45, 2.75) is 12.3 Å². The van der Waals surface area contributed by atoms with E-state index in [2.05, 4.69) is 219 Å². The van der Waals surface area contributed by atoms with E-state index in [1.807, 2.05) is 48.5 Å². The maximum atomic E-state index is 5.16. The van der Waals surface area contributed by atoms with Crippen LogP contribution in [0.5, 0.6) is 0 Å². The molecular formula is C64H46N4. The summed E-state index contributed by atoms with van der Waals surface area (Å²) in [6.45, 7) is 2.32. The van der Waals surface area contributed by atoms with Gasteiger partial charge in [-0.1, -0.05) is 249 Å². The summed E-state index contributed by atoms with van der Waals surface area (Å²) in [5.41, 5.74) is 17.3. The minimum absolute atomic E-state index is 0.475. The fourth-order valence-corrected chi connectivity index (χ4v) is 9.07. The molecule has 0 N–H and O–H groups in total. The molecule has 0 unspecified atom stereocenters. The van der Waals surface area contributed by atoms with Crippen molar-refractivity contribution in [1.82, 2.24) is 19.9 Å². The van der Waals surface area contributed by atoms with Crippen LogP contribution < -0.4 is 0 Å². The zero-order chi connectivity index (χ0) is 45.7. The highest BCUT2D eigenvalue weighted by molar-refractivity contribution is 5.76. The van der Waals surface area contributed by atoms with Gasteiger partial charge in [0.1, 0.15) is 0 Å². The Labute approximate surface area is 398 Å². The molecule has 0 saturated carbocycles. The minimum atomic E-state index is -0.475. The summed E-state index contributed by atoms with van der Waals surface area (Å²) in [7, 11) is 0. The second-order valence-electron chi connectivity index (χ2n) is 17.2. The van der Waals surface area contributed by atoms with Crippen molar-refractivity contribution < 1.29 is 0 Å². The van der Waals surface area contributed by atoms with Gasteiger partial charge in [-0.15, -0.1) is 0 Å². The van der Waals surface area contributed by atoms with Gasteiger partial charge in [-0.3, -0.25) is 0 Å². The third-order valence-corrected chi connectivity index (χ3v) is 13.0. The van der Waals surface area contributed by atoms with Crippen LogP contribution in [0.4, 0.5) is 0 Å². The molecule has 0 amide bonds. The van der Waals surface area contributed by atoms with Crippen LogP contribution in [0.3, 0.4) is 0 Å². The van der Waals surface area contributed by atoms with E-state index in [4.69, 9.17) is 19.9 Å². The van der Waals surface area contributed by atoms with Crippen molar-refractivity contribution in [3.8, 4) is 90.1 Å². The molecule has 4 heteroatoms. The maximum absolute atomic E-state index is 5.16. The summed E-state index contributed by atoms with van der Waals surface area (Å²) in [4.78, 5) is 20.5. The third-order valence-electron chi connectivity index (χ3n) is 13.0. The number of nitrogens with zero attached hydrogens (tertiary/aromatic N) is 4. The summed E-state index contributed by atoms with van der Waals surface area (Å²) in [5, 5.41) is 0. The van der Waals surface area contributed by atoms with Gasteiger partial charge in [-0.25, -0.2) is 19.9 Å². The van der Waals surface area contributed by atoms with Crippen molar-refractivity contribution in [2.75, 3.05) is 0 Å². The van der Waals surface area contributed by atoms with Crippen LogP contribution in [0.15, 0.2) is 261 Å². The lowest BCUT2D eigenvalue weighted by atomic mass is 9.71. The predicted molar refractivity (Wildman–Crippen MR) is 280 cm³/mol. The third kappa shape index (κ3) is 8.55. The highest BCUT2D eigenvalue weighted by atomic mass is 14.9. The molecule has 68 heavy (non-hydrogen) atoms. The van der Waals surface area contributed by atoms with Gasteiger partial charge >= 0.3 is 0 Å². The molecule has 322 valence electrons. The normalized spacial score (nSPS) is 11.3. The Morgan fingerprint density at radius 3 is 0.750 bits per heavy atom. The molecule has 9 aromatic carbocycles. The first-order valence-electron chi connectivity index (χ1n) is 23.0. The quantitative estimate of drug-likeness (QED) is 0.122. The Kier molecular flexibility index (Phi) is 11.4. The summed E-state index contributed by atoms with van der Waals surface area (Å²) in [6, 6.07) is 91.4. The first-order chi connectivity index (χ1) is 33.5. The number of benzene rings is 9. The molecule has 0 aliphatic heterocycles. The van der Waals surface area contributed by atoms with Crippen LogP contribution >= 0.6 is 0 Å². The zero-order valence-electron chi connectivity index (χ0n) is 37.6. The van der Waals surface area contributed by atoms with E-state index in [0.717, 1.165) is 56.2 Å². The number of aromatic nitrogens is 4. The molecule has 11 aromatic rings. The van der Waals surface area contributed by atoms with Crippen LogP contribution in [-0.2, 0) is 5.41 Å². The van der Waals surface area contributed by atoms with E-state index in [1.54, 1.807) is 0 Å². The van der Waals surface area contributed by atoms with E-state index in [0.29, 0.717) is 11.6 Å². The molecule has 0 aliphatic carbocycles. The van der Waals surface area contributed by atoms with Gasteiger partial charge in [0.2, 0.25) is 0 Å². The van der Waals surface area contributed by atoms with Crippen molar-refractivity contribution in [3.63, 3.8) is 0 Å². The van der Waals surface area contributed by atoms with Gasteiger partial charge in [0, 0.05) is 38.8 Å². The molecule has 4 nitrogen and oxygen atoms in total. The Morgan fingerprint density at radius 1 is 0.221 bits per heavy atom. The van der Waals surface area contributed by atoms with Crippen molar-refractivity contribution in [1.29, 1.82) is 0 Å². The summed E-state index contributed by atoms with van der Waals surface area (Å²) in [5.74, 6) is 1.38. The van der Waals surface area contributed by atoms with Crippen LogP contribution in [0, 0.1) is 0 Å². The highest BCUT2D eigenvalue weighted by Crippen LogP contribution is 2.41. The van der Waals surface area contributed by atoms with E-state index >= 15 is 0 Å². The largest absolute Gasteiger partial charge is 0.228 e. The SMILES string of the molecule is CC(c1ccccc1)(c1ccc(-c2cc(-c3ccc(-c4ccccc4)cc3)nc(-c3ccccc3)n2)cc1)c1ccc(-c2cc(-c3ccc(-c4ccccc4)cc3)nc(-c3ccccc3)n2)cc1. The van der Waals surface area contributed by atoms with Crippen LogP contribution in [0.1, 0.15) is 23.6 Å². The Balaban J connectivity index is 0.945. The van der Waals surface area contributed by atoms with Crippen LogP contribution in [-0.4, -0.2) is 19.9 Å². The van der Waals surface area contributed by atoms with Gasteiger partial charge < -0.3 is 0 Å². The molecule has 0 fully saturated rings. The van der Waals surface area contributed by atoms with E-state index in [-0.39, 0.29) is 0 Å². The average molecular weight is 871 g/mol. The molecular weight excluding hydrogens is 825 g/mol. The monoisotopic (exact) mass is 870 g/mol. The molecule has 0 bridgehead atoms. The second kappa shape index (κ2) is 18.6. The number of hydrogen-bond donors (Lipinski definition) is 0. The Morgan fingerprint density at radius 2 is 0.441 bits per heavy atom. The molecule has 11 rings (SSSR count). The topological polar surface area (TPSA) is 51.6 Å². The lowest BCUT2D eigenvalue weighted by Gasteiger charge is -2.32. The standard InChI is InChI=1S/C64H46N4/c1-64(55-25-15-6-16-26-55,56-39-35-51(36-40-56)60-43-58(65-62(67-60)53-21-11-4-12-22-53)49-31-27-47(28-32-49)45-17-7-2-8-18-45)57-41-37-52(38-42-57)61-44-59(66-63(68-61)54-23-13-5-14-24-54)50-33-29-48(30-34-50)46-19-9-3-10-20-46/h2-44H,1H3. The van der Waals surface area contributed by atoms with Crippen LogP contribution in [0.2, 0.25) is 0 Å². The Hall–Kier alpha value is -8.86. The smallest absolute Gasteiger partial charge is 0.160 e. The zero-order valence-corrected chi connectivity index (χ0v) is 37.6. The molecule has 0 spiro atoms. The van der Waals surface area contributed by atoms with Gasteiger partial charge in [0.05, 0.1) is 22.8 Å². The van der Waals surface area contributed by atoms with Crippen molar-refractivity contribution in [2.24, 2.45) is 0 Å². The predicted octanol–water partition coefficient (Wildman–Crippen LogP) is 16.0. The summed E-state index contributed by atoms with van der Waals surface area (Å²) >= 11 is 0. The molecule has 2 aromatic heterocycles. The fraction of sp³-hybridized carbons (Fsp3) is 0.0312. The average Bonchev–Trinajstić information content (AvgIpc) is 3.44. The highest BCUT2D eigenvalue weighted by Gasteiger charge is 2.31. The number of rotatable bonds is 11. The first kappa shape index (κ1) is 41.8. The summed E-state index contributed by atoms with van der Waals surface area (Å²) in [6.07, 6.45) is 0. The fourth-order valence-electron chi connectivity index (χ4n) is 9.07.